The first kappa shape index (κ1) is 23.4. The number of hydrogen-bond acceptors (Lipinski definition) is 5. The average molecular weight is 470 g/mol. The summed E-state index contributed by atoms with van der Waals surface area (Å²) in [6.45, 7) is 1.82. The zero-order valence-corrected chi connectivity index (χ0v) is 19.4. The van der Waals surface area contributed by atoms with Gasteiger partial charge in [-0.15, -0.1) is 0 Å². The molecule has 6 nitrogen and oxygen atoms in total. The van der Waals surface area contributed by atoms with Gasteiger partial charge in [0.15, 0.2) is 9.84 Å². The second kappa shape index (κ2) is 9.62. The molecule has 2 aromatic rings. The number of benzene rings is 2. The van der Waals surface area contributed by atoms with Gasteiger partial charge < -0.3 is 10.6 Å². The molecule has 1 aliphatic heterocycles. The molecule has 0 aromatic heterocycles. The highest BCUT2D eigenvalue weighted by molar-refractivity contribution is 7.92. The van der Waals surface area contributed by atoms with E-state index in [9.17, 15) is 17.6 Å². The minimum absolute atomic E-state index is 0.00579. The molecule has 2 unspecified atom stereocenters. The van der Waals surface area contributed by atoms with Crippen LogP contribution >= 0.6 is 0 Å². The fourth-order valence-electron chi connectivity index (χ4n) is 4.58. The molecule has 2 bridgehead atoms. The summed E-state index contributed by atoms with van der Waals surface area (Å²) in [5, 5.41) is 13.9. The molecule has 8 heteroatoms. The second-order valence-electron chi connectivity index (χ2n) is 9.03. The highest BCUT2D eigenvalue weighted by atomic mass is 32.2. The summed E-state index contributed by atoms with van der Waals surface area (Å²) in [4.78, 5) is 11.8. The first-order valence-corrected chi connectivity index (χ1v) is 12.9. The number of carbonyl (C=O) groups is 1. The predicted molar refractivity (Wildman–Crippen MR) is 123 cm³/mol. The number of nitriles is 1. The van der Waals surface area contributed by atoms with Crippen LogP contribution in [0.5, 0.6) is 0 Å². The Morgan fingerprint density at radius 3 is 2.52 bits per heavy atom. The zero-order chi connectivity index (χ0) is 23.6. The number of piperidine rings is 1. The highest BCUT2D eigenvalue weighted by Gasteiger charge is 2.42. The minimum Gasteiger partial charge on any atom is -0.342 e. The molecule has 3 fully saturated rings. The normalized spacial score (nSPS) is 23.4. The van der Waals surface area contributed by atoms with Gasteiger partial charge in [0.2, 0.25) is 5.91 Å². The Hall–Kier alpha value is -2.76. The van der Waals surface area contributed by atoms with E-state index < -0.39 is 9.84 Å². The zero-order valence-electron chi connectivity index (χ0n) is 18.6. The van der Waals surface area contributed by atoms with Crippen molar-refractivity contribution >= 4 is 15.7 Å². The maximum Gasteiger partial charge on any atom is 0.238 e. The standard InChI is InChI=1S/C16H15FO2S.C9H13N3O/c1-11-5-6-13(10-16(11)17)12-3-2-4-15(9-12)20(18,19)14-7-8-14;10-3-4-11-9(13)8-6-1-2-7(5-6)12-8/h2-6,9-10,14H,7-8H2,1H3;6-8,12H,1-2,4-5H2,(H,11,13)/t;6?,7?,8-/m.0/s1. The van der Waals surface area contributed by atoms with Crippen LogP contribution in [0.2, 0.25) is 0 Å². The summed E-state index contributed by atoms with van der Waals surface area (Å²) in [5.74, 6) is 0.218. The van der Waals surface area contributed by atoms with Gasteiger partial charge in [-0.3, -0.25) is 4.79 Å². The molecule has 1 saturated heterocycles. The molecule has 174 valence electrons. The Balaban J connectivity index is 0.000000172. The van der Waals surface area contributed by atoms with Crippen molar-refractivity contribution < 1.29 is 17.6 Å². The molecule has 5 rings (SSSR count). The first-order valence-electron chi connectivity index (χ1n) is 11.3. The molecule has 2 N–H and O–H groups in total. The fraction of sp³-hybridized carbons (Fsp3) is 0.440. The van der Waals surface area contributed by atoms with Crippen LogP contribution in [0, 0.1) is 30.0 Å². The number of hydrogen-bond donors (Lipinski definition) is 2. The van der Waals surface area contributed by atoms with Gasteiger partial charge in [-0.1, -0.05) is 24.3 Å². The smallest absolute Gasteiger partial charge is 0.238 e. The maximum atomic E-state index is 13.6. The Kier molecular flexibility index (Phi) is 6.82. The van der Waals surface area contributed by atoms with Gasteiger partial charge in [-0.05, 0) is 79.8 Å². The summed E-state index contributed by atoms with van der Waals surface area (Å²) in [7, 11) is -3.21. The molecule has 33 heavy (non-hydrogen) atoms. The monoisotopic (exact) mass is 469 g/mol. The van der Waals surface area contributed by atoms with Gasteiger partial charge in [0, 0.05) is 6.04 Å². The lowest BCUT2D eigenvalue weighted by Gasteiger charge is -2.21. The quantitative estimate of drug-likeness (QED) is 0.653. The second-order valence-corrected chi connectivity index (χ2v) is 11.3. The van der Waals surface area contributed by atoms with Gasteiger partial charge in [-0.2, -0.15) is 5.26 Å². The molecule has 3 atom stereocenters. The van der Waals surface area contributed by atoms with E-state index in [1.165, 1.54) is 12.5 Å². The van der Waals surface area contributed by atoms with Gasteiger partial charge in [0.25, 0.3) is 0 Å². The summed E-state index contributed by atoms with van der Waals surface area (Å²) in [5.41, 5.74) is 2.00. The van der Waals surface area contributed by atoms with Crippen LogP contribution in [-0.2, 0) is 14.6 Å². The van der Waals surface area contributed by atoms with Crippen LogP contribution in [0.15, 0.2) is 47.4 Å². The molecule has 2 aromatic carbocycles. The Morgan fingerprint density at radius 2 is 1.91 bits per heavy atom. The third kappa shape index (κ3) is 5.26. The molecule has 2 saturated carbocycles. The van der Waals surface area contributed by atoms with Crippen molar-refractivity contribution in [3.8, 4) is 17.2 Å². The number of rotatable bonds is 5. The van der Waals surface area contributed by atoms with E-state index in [1.807, 2.05) is 6.07 Å². The number of nitrogens with zero attached hydrogens (tertiary/aromatic N) is 1. The molecule has 1 amide bonds. The van der Waals surface area contributed by atoms with E-state index in [1.54, 1.807) is 43.3 Å². The number of fused-ring (bicyclic) bond motifs is 2. The molecule has 1 heterocycles. The minimum atomic E-state index is -3.21. The molecule has 2 aliphatic carbocycles. The van der Waals surface area contributed by atoms with E-state index in [2.05, 4.69) is 10.6 Å². The topological polar surface area (TPSA) is 99.1 Å². The van der Waals surface area contributed by atoms with Crippen molar-refractivity contribution in [1.82, 2.24) is 10.6 Å². The largest absolute Gasteiger partial charge is 0.342 e. The number of carbonyl (C=O) groups excluding carboxylic acids is 1. The molecular weight excluding hydrogens is 441 g/mol. The van der Waals surface area contributed by atoms with Crippen LogP contribution < -0.4 is 10.6 Å². The molecule has 0 spiro atoms. The number of amides is 1. The van der Waals surface area contributed by atoms with Crippen LogP contribution in [0.25, 0.3) is 11.1 Å². The number of halogens is 1. The van der Waals surface area contributed by atoms with Crippen molar-refractivity contribution in [2.75, 3.05) is 6.54 Å². The van der Waals surface area contributed by atoms with E-state index in [0.717, 1.165) is 31.2 Å². The van der Waals surface area contributed by atoms with Crippen LogP contribution in [-0.4, -0.2) is 38.2 Å². The van der Waals surface area contributed by atoms with E-state index in [-0.39, 0.29) is 29.6 Å². The maximum absolute atomic E-state index is 13.6. The third-order valence-corrected chi connectivity index (χ3v) is 8.88. The first-order chi connectivity index (χ1) is 15.8. The lowest BCUT2D eigenvalue weighted by molar-refractivity contribution is -0.123. The summed E-state index contributed by atoms with van der Waals surface area (Å²) in [6.07, 6.45) is 4.97. The fourth-order valence-corrected chi connectivity index (χ4v) is 6.28. The third-order valence-electron chi connectivity index (χ3n) is 6.61. The van der Waals surface area contributed by atoms with E-state index in [0.29, 0.717) is 28.0 Å². The molecule has 0 radical (unpaired) electrons. The lowest BCUT2D eigenvalue weighted by Crippen LogP contribution is -2.47. The van der Waals surface area contributed by atoms with Crippen molar-refractivity contribution in [1.29, 1.82) is 5.26 Å². The SMILES string of the molecule is Cc1ccc(-c2cccc(S(=O)(=O)C3CC3)c2)cc1F.N#CCNC(=O)[C@H]1NC2CCC1C2. The van der Waals surface area contributed by atoms with Crippen molar-refractivity contribution in [3.63, 3.8) is 0 Å². The summed E-state index contributed by atoms with van der Waals surface area (Å²) in [6, 6.07) is 14.1. The Labute approximate surface area is 194 Å². The predicted octanol–water partition coefficient (Wildman–Crippen LogP) is 3.50. The summed E-state index contributed by atoms with van der Waals surface area (Å²) < 4.78 is 38.1. The molecular formula is C25H28FN3O3S. The van der Waals surface area contributed by atoms with Crippen LogP contribution in [0.1, 0.15) is 37.7 Å². The number of sulfone groups is 1. The number of aryl methyl sites for hydroxylation is 1. The van der Waals surface area contributed by atoms with Gasteiger partial charge in [-0.25, -0.2) is 12.8 Å². The van der Waals surface area contributed by atoms with E-state index in [4.69, 9.17) is 5.26 Å². The highest BCUT2D eigenvalue weighted by Crippen LogP contribution is 2.36. The summed E-state index contributed by atoms with van der Waals surface area (Å²) >= 11 is 0. The molecule has 3 aliphatic rings. The number of nitrogens with one attached hydrogen (secondary N) is 2. The van der Waals surface area contributed by atoms with Gasteiger partial charge in [0.1, 0.15) is 12.4 Å². The van der Waals surface area contributed by atoms with Crippen LogP contribution in [0.4, 0.5) is 4.39 Å². The Morgan fingerprint density at radius 1 is 1.15 bits per heavy atom. The van der Waals surface area contributed by atoms with Gasteiger partial charge >= 0.3 is 0 Å². The van der Waals surface area contributed by atoms with E-state index >= 15 is 0 Å². The lowest BCUT2D eigenvalue weighted by atomic mass is 9.99. The Bertz CT molecular complexity index is 1190. The average Bonchev–Trinajstić information content (AvgIpc) is 3.48. The van der Waals surface area contributed by atoms with Crippen molar-refractivity contribution in [3.05, 3.63) is 53.8 Å². The van der Waals surface area contributed by atoms with Crippen molar-refractivity contribution in [2.24, 2.45) is 5.92 Å². The van der Waals surface area contributed by atoms with Crippen molar-refractivity contribution in [2.45, 2.75) is 61.3 Å². The van der Waals surface area contributed by atoms with Crippen LogP contribution in [0.3, 0.4) is 0 Å². The van der Waals surface area contributed by atoms with Gasteiger partial charge in [0.05, 0.1) is 22.3 Å².